The van der Waals surface area contributed by atoms with Crippen molar-refractivity contribution in [1.29, 1.82) is 0 Å². The molecule has 0 bridgehead atoms. The molecule has 2 aromatic heterocycles. The average molecular weight is 357 g/mol. The third kappa shape index (κ3) is 4.30. The molecule has 0 fully saturated rings. The lowest BCUT2D eigenvalue weighted by Gasteiger charge is -2.13. The van der Waals surface area contributed by atoms with Gasteiger partial charge in [0.1, 0.15) is 11.6 Å². The van der Waals surface area contributed by atoms with E-state index in [1.165, 1.54) is 12.3 Å². The maximum atomic E-state index is 13.8. The quantitative estimate of drug-likeness (QED) is 0.728. The minimum atomic E-state index is -0.725. The van der Waals surface area contributed by atoms with E-state index in [4.69, 9.17) is 4.42 Å². The van der Waals surface area contributed by atoms with E-state index in [-0.39, 0.29) is 36.1 Å². The van der Waals surface area contributed by atoms with Gasteiger partial charge < -0.3 is 9.73 Å². The van der Waals surface area contributed by atoms with E-state index in [0.29, 0.717) is 5.89 Å². The van der Waals surface area contributed by atoms with E-state index in [9.17, 15) is 13.6 Å². The van der Waals surface area contributed by atoms with Crippen LogP contribution in [0, 0.1) is 11.6 Å². The number of carbonyl (C=O) groups is 1. The van der Waals surface area contributed by atoms with Gasteiger partial charge in [-0.05, 0) is 36.8 Å². The second-order valence-electron chi connectivity index (χ2n) is 5.81. The lowest BCUT2D eigenvalue weighted by atomic mass is 10.1. The molecule has 1 amide bonds. The number of rotatable bonds is 6. The highest BCUT2D eigenvalue weighted by molar-refractivity contribution is 5.76. The monoisotopic (exact) mass is 357 g/mol. The molecule has 2 heterocycles. The maximum absolute atomic E-state index is 13.8. The fourth-order valence-corrected chi connectivity index (χ4v) is 2.51. The Balaban J connectivity index is 1.57. The lowest BCUT2D eigenvalue weighted by Crippen LogP contribution is -2.26. The zero-order chi connectivity index (χ0) is 18.5. The van der Waals surface area contributed by atoms with Crippen molar-refractivity contribution < 1.29 is 18.0 Å². The van der Waals surface area contributed by atoms with Gasteiger partial charge in [-0.25, -0.2) is 13.8 Å². The van der Waals surface area contributed by atoms with Crippen LogP contribution in [-0.2, 0) is 11.2 Å². The Hall–Kier alpha value is -3.09. The van der Waals surface area contributed by atoms with Crippen LogP contribution in [0.1, 0.15) is 30.8 Å². The first kappa shape index (κ1) is 17.7. The first-order chi connectivity index (χ1) is 12.5. The summed E-state index contributed by atoms with van der Waals surface area (Å²) in [6.07, 6.45) is 5.16. The number of amides is 1. The third-order valence-electron chi connectivity index (χ3n) is 3.90. The van der Waals surface area contributed by atoms with Crippen LogP contribution in [0.3, 0.4) is 0 Å². The molecule has 0 aliphatic heterocycles. The third-order valence-corrected chi connectivity index (χ3v) is 3.90. The molecule has 134 valence electrons. The molecule has 7 heteroatoms. The van der Waals surface area contributed by atoms with Crippen LogP contribution in [-0.4, -0.2) is 15.9 Å². The van der Waals surface area contributed by atoms with Crippen LogP contribution in [0.25, 0.3) is 11.3 Å². The summed E-state index contributed by atoms with van der Waals surface area (Å²) in [5.74, 6) is -1.02. The standard InChI is InChI=1S/C19H17F2N3O2/c1-12(13-6-8-22-9-7-13)24-18(25)4-5-19-23-11-17(26-19)15-3-2-14(20)10-16(15)21/h2-3,6-12H,4-5H2,1H3,(H,24,25)/t12-/m1/s1. The molecule has 3 aromatic rings. The number of hydrogen-bond donors (Lipinski definition) is 1. The molecule has 1 aromatic carbocycles. The highest BCUT2D eigenvalue weighted by Crippen LogP contribution is 2.24. The number of halogens is 2. The zero-order valence-electron chi connectivity index (χ0n) is 14.1. The molecular weight excluding hydrogens is 340 g/mol. The highest BCUT2D eigenvalue weighted by atomic mass is 19.1. The molecule has 0 spiro atoms. The Labute approximate surface area is 149 Å². The number of hydrogen-bond acceptors (Lipinski definition) is 4. The smallest absolute Gasteiger partial charge is 0.220 e. The van der Waals surface area contributed by atoms with Gasteiger partial charge in [-0.15, -0.1) is 0 Å². The first-order valence-electron chi connectivity index (χ1n) is 8.12. The number of oxazole rings is 1. The normalized spacial score (nSPS) is 12.0. The van der Waals surface area contributed by atoms with Crippen LogP contribution >= 0.6 is 0 Å². The molecular formula is C19H17F2N3O2. The number of aryl methyl sites for hydroxylation is 1. The zero-order valence-corrected chi connectivity index (χ0v) is 14.1. The number of pyridine rings is 1. The molecule has 0 radical (unpaired) electrons. The Kier molecular flexibility index (Phi) is 5.36. The van der Waals surface area contributed by atoms with Crippen molar-refractivity contribution in [2.45, 2.75) is 25.8 Å². The minimum absolute atomic E-state index is 0.126. The van der Waals surface area contributed by atoms with E-state index >= 15 is 0 Å². The van der Waals surface area contributed by atoms with Gasteiger partial charge in [-0.3, -0.25) is 9.78 Å². The largest absolute Gasteiger partial charge is 0.441 e. The second-order valence-corrected chi connectivity index (χ2v) is 5.81. The van der Waals surface area contributed by atoms with Gasteiger partial charge in [0, 0.05) is 31.3 Å². The van der Waals surface area contributed by atoms with Crippen molar-refractivity contribution >= 4 is 5.91 Å². The number of nitrogens with one attached hydrogen (secondary N) is 1. The summed E-state index contributed by atoms with van der Waals surface area (Å²) in [4.78, 5) is 20.1. The summed E-state index contributed by atoms with van der Waals surface area (Å²) >= 11 is 0. The van der Waals surface area contributed by atoms with Gasteiger partial charge >= 0.3 is 0 Å². The van der Waals surface area contributed by atoms with Gasteiger partial charge in [0.2, 0.25) is 5.91 Å². The molecule has 0 aliphatic rings. The van der Waals surface area contributed by atoms with Crippen LogP contribution in [0.15, 0.2) is 53.3 Å². The van der Waals surface area contributed by atoms with Crippen LogP contribution in [0.2, 0.25) is 0 Å². The number of aromatic nitrogens is 2. The molecule has 5 nitrogen and oxygen atoms in total. The van der Waals surface area contributed by atoms with Crippen molar-refractivity contribution in [2.75, 3.05) is 0 Å². The van der Waals surface area contributed by atoms with Gasteiger partial charge in [-0.1, -0.05) is 0 Å². The molecule has 26 heavy (non-hydrogen) atoms. The SMILES string of the molecule is C[C@@H](NC(=O)CCc1ncc(-c2ccc(F)cc2F)o1)c1ccncc1. The summed E-state index contributed by atoms with van der Waals surface area (Å²) < 4.78 is 32.2. The Morgan fingerprint density at radius 3 is 2.73 bits per heavy atom. The molecule has 1 N–H and O–H groups in total. The summed E-state index contributed by atoms with van der Waals surface area (Å²) in [5.41, 5.74) is 1.08. The van der Waals surface area contributed by atoms with E-state index < -0.39 is 11.6 Å². The summed E-state index contributed by atoms with van der Waals surface area (Å²) in [5, 5.41) is 2.88. The Morgan fingerprint density at radius 2 is 2.00 bits per heavy atom. The molecule has 0 unspecified atom stereocenters. The van der Waals surface area contributed by atoms with Gasteiger partial charge in [0.05, 0.1) is 17.8 Å². The van der Waals surface area contributed by atoms with E-state index in [2.05, 4.69) is 15.3 Å². The van der Waals surface area contributed by atoms with Crippen molar-refractivity contribution in [3.05, 3.63) is 72.0 Å². The minimum Gasteiger partial charge on any atom is -0.441 e. The average Bonchev–Trinajstić information content (AvgIpc) is 3.09. The fourth-order valence-electron chi connectivity index (χ4n) is 2.51. The van der Waals surface area contributed by atoms with Crippen molar-refractivity contribution in [3.8, 4) is 11.3 Å². The second kappa shape index (κ2) is 7.86. The first-order valence-corrected chi connectivity index (χ1v) is 8.12. The van der Waals surface area contributed by atoms with E-state index in [0.717, 1.165) is 17.7 Å². The summed E-state index contributed by atoms with van der Waals surface area (Å²) in [6, 6.07) is 6.75. The van der Waals surface area contributed by atoms with Crippen LogP contribution in [0.5, 0.6) is 0 Å². The van der Waals surface area contributed by atoms with Crippen LogP contribution in [0.4, 0.5) is 8.78 Å². The number of benzene rings is 1. The van der Waals surface area contributed by atoms with E-state index in [1.54, 1.807) is 12.4 Å². The number of carbonyl (C=O) groups excluding carboxylic acids is 1. The van der Waals surface area contributed by atoms with Gasteiger partial charge in [-0.2, -0.15) is 0 Å². The fraction of sp³-hybridized carbons (Fsp3) is 0.211. The van der Waals surface area contributed by atoms with E-state index in [1.807, 2.05) is 19.1 Å². The lowest BCUT2D eigenvalue weighted by molar-refractivity contribution is -0.121. The molecule has 0 saturated carbocycles. The predicted molar refractivity (Wildman–Crippen MR) is 91.0 cm³/mol. The van der Waals surface area contributed by atoms with Crippen molar-refractivity contribution in [1.82, 2.24) is 15.3 Å². The van der Waals surface area contributed by atoms with Gasteiger partial charge in [0.25, 0.3) is 0 Å². The van der Waals surface area contributed by atoms with Crippen molar-refractivity contribution in [3.63, 3.8) is 0 Å². The Bertz CT molecular complexity index is 897. The Morgan fingerprint density at radius 1 is 1.23 bits per heavy atom. The molecule has 0 aliphatic carbocycles. The molecule has 1 atom stereocenters. The topological polar surface area (TPSA) is 68.0 Å². The summed E-state index contributed by atoms with van der Waals surface area (Å²) in [6.45, 7) is 1.88. The summed E-state index contributed by atoms with van der Waals surface area (Å²) in [7, 11) is 0. The molecule has 3 rings (SSSR count). The highest BCUT2D eigenvalue weighted by Gasteiger charge is 2.14. The van der Waals surface area contributed by atoms with Crippen LogP contribution < -0.4 is 5.32 Å². The number of nitrogens with zero attached hydrogens (tertiary/aromatic N) is 2. The maximum Gasteiger partial charge on any atom is 0.220 e. The molecule has 0 saturated heterocycles. The van der Waals surface area contributed by atoms with Gasteiger partial charge in [0.15, 0.2) is 11.7 Å². The van der Waals surface area contributed by atoms with Crippen molar-refractivity contribution in [2.24, 2.45) is 0 Å². The predicted octanol–water partition coefficient (Wildman–Crippen LogP) is 3.82.